The van der Waals surface area contributed by atoms with Crippen LogP contribution >= 0.6 is 0 Å². The van der Waals surface area contributed by atoms with Crippen molar-refractivity contribution in [3.05, 3.63) is 28.8 Å². The summed E-state index contributed by atoms with van der Waals surface area (Å²) in [4.78, 5) is 9.64. The van der Waals surface area contributed by atoms with Crippen LogP contribution in [0, 0.1) is 6.92 Å². The molecule has 3 rings (SSSR count). The molecule has 2 fully saturated rings. The minimum absolute atomic E-state index is 0.512. The number of aryl methyl sites for hydroxylation is 1. The quantitative estimate of drug-likeness (QED) is 0.896. The molecule has 0 aromatic heterocycles. The Morgan fingerprint density at radius 3 is 1.50 bits per heavy atom. The number of aromatic hydroxyl groups is 1. The van der Waals surface area contributed by atoms with E-state index in [1.807, 2.05) is 0 Å². The number of nitrogens with zero attached hydrogens (tertiary/aromatic N) is 4. The van der Waals surface area contributed by atoms with E-state index >= 15 is 0 Å². The van der Waals surface area contributed by atoms with E-state index < -0.39 is 0 Å². The lowest BCUT2D eigenvalue weighted by atomic mass is 10.0. The maximum absolute atomic E-state index is 10.8. The molecule has 2 heterocycles. The fourth-order valence-corrected chi connectivity index (χ4v) is 3.67. The molecule has 0 spiro atoms. The van der Waals surface area contributed by atoms with Crippen LogP contribution in [-0.4, -0.2) is 91.2 Å². The van der Waals surface area contributed by atoms with Gasteiger partial charge in [0.2, 0.25) is 0 Å². The number of phenolic OH excluding ortho intramolecular Hbond substituents is 1. The number of phenols is 1. The highest BCUT2D eigenvalue weighted by Gasteiger charge is 2.19. The Morgan fingerprint density at radius 1 is 0.750 bits per heavy atom. The van der Waals surface area contributed by atoms with Crippen molar-refractivity contribution in [2.75, 3.05) is 66.5 Å². The second-order valence-corrected chi connectivity index (χ2v) is 7.59. The van der Waals surface area contributed by atoms with Gasteiger partial charge in [0.25, 0.3) is 0 Å². The van der Waals surface area contributed by atoms with Crippen LogP contribution in [0.2, 0.25) is 0 Å². The predicted octanol–water partition coefficient (Wildman–Crippen LogP) is 1.20. The molecule has 1 aromatic rings. The third-order valence-electron chi connectivity index (χ3n) is 5.39. The smallest absolute Gasteiger partial charge is 0.124 e. The van der Waals surface area contributed by atoms with Gasteiger partial charge in [0.1, 0.15) is 5.75 Å². The first kappa shape index (κ1) is 17.7. The third-order valence-corrected chi connectivity index (χ3v) is 5.39. The van der Waals surface area contributed by atoms with Gasteiger partial charge in [-0.15, -0.1) is 0 Å². The molecule has 2 saturated heterocycles. The summed E-state index contributed by atoms with van der Waals surface area (Å²) in [7, 11) is 4.35. The van der Waals surface area contributed by atoms with Crippen LogP contribution in [0.4, 0.5) is 0 Å². The van der Waals surface area contributed by atoms with Crippen molar-refractivity contribution in [1.82, 2.24) is 19.6 Å². The van der Waals surface area contributed by atoms with Gasteiger partial charge < -0.3 is 14.9 Å². The van der Waals surface area contributed by atoms with Crippen molar-refractivity contribution in [1.29, 1.82) is 0 Å². The van der Waals surface area contributed by atoms with E-state index in [0.717, 1.165) is 76.6 Å². The lowest BCUT2D eigenvalue weighted by Crippen LogP contribution is -2.44. The molecule has 1 aromatic carbocycles. The van der Waals surface area contributed by atoms with Gasteiger partial charge in [-0.25, -0.2) is 0 Å². The van der Waals surface area contributed by atoms with Gasteiger partial charge in [0, 0.05) is 76.6 Å². The highest BCUT2D eigenvalue weighted by Crippen LogP contribution is 2.27. The summed E-state index contributed by atoms with van der Waals surface area (Å²) in [5.41, 5.74) is 3.42. The largest absolute Gasteiger partial charge is 0.507 e. The van der Waals surface area contributed by atoms with Gasteiger partial charge in [0.15, 0.2) is 0 Å². The summed E-state index contributed by atoms with van der Waals surface area (Å²) in [6.45, 7) is 12.6. The van der Waals surface area contributed by atoms with E-state index in [-0.39, 0.29) is 0 Å². The van der Waals surface area contributed by atoms with E-state index in [0.29, 0.717) is 5.75 Å². The molecule has 0 atom stereocenters. The van der Waals surface area contributed by atoms with Crippen LogP contribution in [0.15, 0.2) is 12.1 Å². The van der Waals surface area contributed by atoms with Crippen molar-refractivity contribution in [2.24, 2.45) is 0 Å². The van der Waals surface area contributed by atoms with Crippen LogP contribution in [-0.2, 0) is 13.1 Å². The van der Waals surface area contributed by atoms with E-state index in [4.69, 9.17) is 0 Å². The zero-order valence-electron chi connectivity index (χ0n) is 15.5. The molecule has 0 unspecified atom stereocenters. The fraction of sp³-hybridized carbons (Fsp3) is 0.684. The topological polar surface area (TPSA) is 33.2 Å². The summed E-state index contributed by atoms with van der Waals surface area (Å²) >= 11 is 0. The normalized spacial score (nSPS) is 22.1. The van der Waals surface area contributed by atoms with Crippen LogP contribution in [0.25, 0.3) is 0 Å². The molecule has 5 heteroatoms. The maximum Gasteiger partial charge on any atom is 0.124 e. The van der Waals surface area contributed by atoms with Gasteiger partial charge in [-0.1, -0.05) is 17.7 Å². The Kier molecular flexibility index (Phi) is 5.76. The number of hydrogen-bond donors (Lipinski definition) is 1. The summed E-state index contributed by atoms with van der Waals surface area (Å²) in [6.07, 6.45) is 0. The second kappa shape index (κ2) is 7.83. The second-order valence-electron chi connectivity index (χ2n) is 7.59. The number of benzene rings is 1. The number of rotatable bonds is 4. The first-order valence-electron chi connectivity index (χ1n) is 9.14. The van der Waals surface area contributed by atoms with Crippen molar-refractivity contribution < 1.29 is 5.11 Å². The standard InChI is InChI=1S/C19H32N4O/c1-16-12-17(14-22-8-4-20(2)5-9-22)19(24)18(13-16)15-23-10-6-21(3)7-11-23/h12-13,24H,4-11,14-15H2,1-3H3. The molecular formula is C19H32N4O. The molecule has 1 N–H and O–H groups in total. The predicted molar refractivity (Wildman–Crippen MR) is 98.4 cm³/mol. The fourth-order valence-electron chi connectivity index (χ4n) is 3.67. The summed E-state index contributed by atoms with van der Waals surface area (Å²) in [6, 6.07) is 4.31. The number of piperazine rings is 2. The Labute approximate surface area is 146 Å². The van der Waals surface area contributed by atoms with Crippen molar-refractivity contribution >= 4 is 0 Å². The molecule has 134 valence electrons. The van der Waals surface area contributed by atoms with E-state index in [1.54, 1.807) is 0 Å². The Balaban J connectivity index is 1.68. The monoisotopic (exact) mass is 332 g/mol. The molecule has 0 amide bonds. The van der Waals surface area contributed by atoms with Crippen LogP contribution in [0.5, 0.6) is 5.75 Å². The zero-order valence-corrected chi connectivity index (χ0v) is 15.5. The van der Waals surface area contributed by atoms with Crippen molar-refractivity contribution in [3.8, 4) is 5.75 Å². The highest BCUT2D eigenvalue weighted by molar-refractivity contribution is 5.43. The summed E-state index contributed by atoms with van der Waals surface area (Å²) in [5, 5.41) is 10.8. The van der Waals surface area contributed by atoms with E-state index in [2.05, 4.69) is 52.8 Å². The zero-order chi connectivity index (χ0) is 17.1. The van der Waals surface area contributed by atoms with Crippen LogP contribution in [0.3, 0.4) is 0 Å². The van der Waals surface area contributed by atoms with Gasteiger partial charge in [0.05, 0.1) is 0 Å². The molecule has 0 radical (unpaired) electrons. The molecular weight excluding hydrogens is 300 g/mol. The van der Waals surface area contributed by atoms with Crippen LogP contribution < -0.4 is 0 Å². The van der Waals surface area contributed by atoms with E-state index in [9.17, 15) is 5.11 Å². The molecule has 24 heavy (non-hydrogen) atoms. The molecule has 2 aliphatic rings. The average Bonchev–Trinajstić information content (AvgIpc) is 2.56. The molecule has 0 bridgehead atoms. The number of likely N-dealkylation sites (N-methyl/N-ethyl adjacent to an activating group) is 2. The van der Waals surface area contributed by atoms with Gasteiger partial charge >= 0.3 is 0 Å². The number of hydrogen-bond acceptors (Lipinski definition) is 5. The van der Waals surface area contributed by atoms with Crippen molar-refractivity contribution in [2.45, 2.75) is 20.0 Å². The molecule has 2 aliphatic heterocycles. The van der Waals surface area contributed by atoms with Gasteiger partial charge in [-0.2, -0.15) is 0 Å². The first-order valence-corrected chi connectivity index (χ1v) is 9.14. The highest BCUT2D eigenvalue weighted by atomic mass is 16.3. The minimum Gasteiger partial charge on any atom is -0.507 e. The third kappa shape index (κ3) is 4.48. The Hall–Kier alpha value is -1.14. The average molecular weight is 332 g/mol. The van der Waals surface area contributed by atoms with Gasteiger partial charge in [-0.05, 0) is 21.0 Å². The summed E-state index contributed by atoms with van der Waals surface area (Å²) in [5.74, 6) is 0.512. The van der Waals surface area contributed by atoms with Crippen LogP contribution in [0.1, 0.15) is 16.7 Å². The van der Waals surface area contributed by atoms with Crippen molar-refractivity contribution in [3.63, 3.8) is 0 Å². The Bertz CT molecular complexity index is 501. The molecule has 0 saturated carbocycles. The van der Waals surface area contributed by atoms with E-state index in [1.165, 1.54) is 5.56 Å². The molecule has 0 aliphatic carbocycles. The summed E-state index contributed by atoms with van der Waals surface area (Å²) < 4.78 is 0. The minimum atomic E-state index is 0.512. The van der Waals surface area contributed by atoms with Gasteiger partial charge in [-0.3, -0.25) is 9.80 Å². The SMILES string of the molecule is Cc1cc(CN2CCN(C)CC2)c(O)c(CN2CCN(C)CC2)c1. The first-order chi connectivity index (χ1) is 11.5. The molecule has 5 nitrogen and oxygen atoms in total. The lowest BCUT2D eigenvalue weighted by molar-refractivity contribution is 0.144. The maximum atomic E-state index is 10.8. The Morgan fingerprint density at radius 2 is 1.12 bits per heavy atom. The lowest BCUT2D eigenvalue weighted by Gasteiger charge is -2.33.